The van der Waals surface area contributed by atoms with Gasteiger partial charge >= 0.3 is 0 Å². The fourth-order valence-corrected chi connectivity index (χ4v) is 2.55. The van der Waals surface area contributed by atoms with Crippen molar-refractivity contribution in [1.29, 1.82) is 0 Å². The van der Waals surface area contributed by atoms with Crippen LogP contribution >= 0.6 is 0 Å². The summed E-state index contributed by atoms with van der Waals surface area (Å²) in [5, 5.41) is 11.8. The van der Waals surface area contributed by atoms with Crippen LogP contribution in [-0.4, -0.2) is 59.8 Å². The number of carbonyl (C=O) groups is 2. The molecule has 1 fully saturated rings. The highest BCUT2D eigenvalue weighted by Gasteiger charge is 2.35. The van der Waals surface area contributed by atoms with E-state index >= 15 is 0 Å². The van der Waals surface area contributed by atoms with Crippen molar-refractivity contribution >= 4 is 11.8 Å². The lowest BCUT2D eigenvalue weighted by Gasteiger charge is -2.42. The van der Waals surface area contributed by atoms with E-state index in [4.69, 9.17) is 4.74 Å². The Hall–Kier alpha value is -1.99. The topological polar surface area (TPSA) is 78.9 Å². The van der Waals surface area contributed by atoms with Crippen molar-refractivity contribution in [3.05, 3.63) is 35.6 Å². The largest absolute Gasteiger partial charge is 0.394 e. The Morgan fingerprint density at radius 3 is 2.65 bits per heavy atom. The van der Waals surface area contributed by atoms with Gasteiger partial charge in [0.05, 0.1) is 24.9 Å². The van der Waals surface area contributed by atoms with E-state index in [0.29, 0.717) is 6.54 Å². The molecular weight excluding hydrogens is 303 g/mol. The number of hydrogen-bond donors (Lipinski definition) is 2. The van der Waals surface area contributed by atoms with Crippen LogP contribution in [0.4, 0.5) is 4.39 Å². The van der Waals surface area contributed by atoms with Gasteiger partial charge in [0.25, 0.3) is 5.91 Å². The SMILES string of the molecule is CC1(C)CN(C(=O)CNC(=O)c2ccc(F)cc2)CC(CO)O1. The minimum absolute atomic E-state index is 0.162. The van der Waals surface area contributed by atoms with Gasteiger partial charge in [0.15, 0.2) is 0 Å². The summed E-state index contributed by atoms with van der Waals surface area (Å²) in [6.07, 6.45) is -0.435. The molecule has 0 aliphatic carbocycles. The molecule has 1 saturated heterocycles. The standard InChI is InChI=1S/C16H21FN2O4/c1-16(2)10-19(8-13(9-20)23-16)14(21)7-18-15(22)11-3-5-12(17)6-4-11/h3-6,13,20H,7-10H2,1-2H3,(H,18,22). The number of amides is 2. The van der Waals surface area contributed by atoms with Gasteiger partial charge in [0.2, 0.25) is 5.91 Å². The lowest BCUT2D eigenvalue weighted by molar-refractivity contribution is -0.166. The Morgan fingerprint density at radius 1 is 1.39 bits per heavy atom. The van der Waals surface area contributed by atoms with Gasteiger partial charge in [0, 0.05) is 18.7 Å². The minimum atomic E-state index is -0.553. The number of ether oxygens (including phenoxy) is 1. The van der Waals surface area contributed by atoms with Crippen LogP contribution in [0.2, 0.25) is 0 Å². The Balaban J connectivity index is 1.91. The predicted molar refractivity (Wildman–Crippen MR) is 81.4 cm³/mol. The predicted octanol–water partition coefficient (Wildman–Crippen LogP) is 0.554. The highest BCUT2D eigenvalue weighted by Crippen LogP contribution is 2.20. The lowest BCUT2D eigenvalue weighted by atomic mass is 10.1. The van der Waals surface area contributed by atoms with E-state index in [1.807, 2.05) is 13.8 Å². The van der Waals surface area contributed by atoms with Crippen molar-refractivity contribution in [3.63, 3.8) is 0 Å². The molecule has 126 valence electrons. The van der Waals surface area contributed by atoms with Gasteiger partial charge in [-0.05, 0) is 38.1 Å². The minimum Gasteiger partial charge on any atom is -0.394 e. The van der Waals surface area contributed by atoms with Gasteiger partial charge in [0.1, 0.15) is 5.82 Å². The number of aliphatic hydroxyl groups is 1. The Kier molecular flexibility index (Phi) is 5.33. The van der Waals surface area contributed by atoms with Crippen LogP contribution in [0.1, 0.15) is 24.2 Å². The molecule has 2 rings (SSSR count). The van der Waals surface area contributed by atoms with Crippen LogP contribution < -0.4 is 5.32 Å². The average molecular weight is 324 g/mol. The fraction of sp³-hybridized carbons (Fsp3) is 0.500. The number of halogens is 1. The first-order chi connectivity index (χ1) is 10.8. The summed E-state index contributed by atoms with van der Waals surface area (Å²) in [6.45, 7) is 4.01. The van der Waals surface area contributed by atoms with Gasteiger partial charge in [-0.25, -0.2) is 4.39 Å². The maximum atomic E-state index is 12.8. The number of aliphatic hydroxyl groups excluding tert-OH is 1. The van der Waals surface area contributed by atoms with Crippen LogP contribution in [0.3, 0.4) is 0 Å². The first kappa shape index (κ1) is 17.4. The first-order valence-electron chi connectivity index (χ1n) is 7.41. The zero-order valence-electron chi connectivity index (χ0n) is 13.2. The molecule has 1 aliphatic heterocycles. The Bertz CT molecular complexity index is 574. The number of nitrogens with zero attached hydrogens (tertiary/aromatic N) is 1. The van der Waals surface area contributed by atoms with E-state index in [9.17, 15) is 19.1 Å². The summed E-state index contributed by atoms with van der Waals surface area (Å²) in [5.41, 5.74) is -0.267. The molecule has 7 heteroatoms. The third kappa shape index (κ3) is 4.74. The van der Waals surface area contributed by atoms with E-state index in [2.05, 4.69) is 5.32 Å². The van der Waals surface area contributed by atoms with Gasteiger partial charge in [-0.15, -0.1) is 0 Å². The molecule has 0 aromatic heterocycles. The van der Waals surface area contributed by atoms with Crippen molar-refractivity contribution in [2.45, 2.75) is 25.6 Å². The monoisotopic (exact) mass is 324 g/mol. The third-order valence-corrected chi connectivity index (χ3v) is 3.54. The second-order valence-corrected chi connectivity index (χ2v) is 6.15. The van der Waals surface area contributed by atoms with Crippen LogP contribution in [0.15, 0.2) is 24.3 Å². The fourth-order valence-electron chi connectivity index (χ4n) is 2.55. The number of benzene rings is 1. The quantitative estimate of drug-likeness (QED) is 0.848. The van der Waals surface area contributed by atoms with Crippen molar-refractivity contribution in [2.24, 2.45) is 0 Å². The molecule has 0 spiro atoms. The molecule has 1 aliphatic rings. The third-order valence-electron chi connectivity index (χ3n) is 3.54. The number of morpholine rings is 1. The lowest BCUT2D eigenvalue weighted by Crippen LogP contribution is -2.57. The summed E-state index contributed by atoms with van der Waals surface area (Å²) in [5.74, 6) is -1.12. The molecule has 0 radical (unpaired) electrons. The summed E-state index contributed by atoms with van der Waals surface area (Å²) < 4.78 is 18.5. The van der Waals surface area contributed by atoms with E-state index in [-0.39, 0.29) is 31.2 Å². The number of rotatable bonds is 4. The van der Waals surface area contributed by atoms with Crippen molar-refractivity contribution in [1.82, 2.24) is 10.2 Å². The first-order valence-corrected chi connectivity index (χ1v) is 7.41. The van der Waals surface area contributed by atoms with Crippen LogP contribution in [0.5, 0.6) is 0 Å². The molecule has 2 amide bonds. The highest BCUT2D eigenvalue weighted by atomic mass is 19.1. The van der Waals surface area contributed by atoms with Gasteiger partial charge in [-0.1, -0.05) is 0 Å². The molecule has 6 nitrogen and oxygen atoms in total. The molecule has 23 heavy (non-hydrogen) atoms. The Labute approximate surface area is 134 Å². The molecule has 1 aromatic rings. The molecule has 2 N–H and O–H groups in total. The number of hydrogen-bond acceptors (Lipinski definition) is 4. The molecule has 0 bridgehead atoms. The van der Waals surface area contributed by atoms with Crippen LogP contribution in [-0.2, 0) is 9.53 Å². The van der Waals surface area contributed by atoms with Gasteiger partial charge in [-0.3, -0.25) is 9.59 Å². The molecule has 1 heterocycles. The van der Waals surface area contributed by atoms with Gasteiger partial charge in [-0.2, -0.15) is 0 Å². The highest BCUT2D eigenvalue weighted by molar-refractivity contribution is 5.96. The van der Waals surface area contributed by atoms with E-state index < -0.39 is 23.4 Å². The summed E-state index contributed by atoms with van der Waals surface area (Å²) in [4.78, 5) is 25.7. The van der Waals surface area contributed by atoms with E-state index in [1.54, 1.807) is 4.90 Å². The maximum absolute atomic E-state index is 12.8. The van der Waals surface area contributed by atoms with Crippen molar-refractivity contribution in [2.75, 3.05) is 26.2 Å². The molecule has 1 aromatic carbocycles. The van der Waals surface area contributed by atoms with Crippen LogP contribution in [0.25, 0.3) is 0 Å². The Morgan fingerprint density at radius 2 is 2.04 bits per heavy atom. The average Bonchev–Trinajstić information content (AvgIpc) is 2.51. The molecule has 1 unspecified atom stereocenters. The van der Waals surface area contributed by atoms with E-state index in [1.165, 1.54) is 24.3 Å². The van der Waals surface area contributed by atoms with Crippen molar-refractivity contribution in [3.8, 4) is 0 Å². The molecule has 0 saturated carbocycles. The summed E-state index contributed by atoms with van der Waals surface area (Å²) in [7, 11) is 0. The van der Waals surface area contributed by atoms with Crippen LogP contribution in [0, 0.1) is 5.82 Å². The smallest absolute Gasteiger partial charge is 0.251 e. The maximum Gasteiger partial charge on any atom is 0.251 e. The second-order valence-electron chi connectivity index (χ2n) is 6.15. The van der Waals surface area contributed by atoms with Crippen molar-refractivity contribution < 1.29 is 23.8 Å². The zero-order valence-corrected chi connectivity index (χ0v) is 13.2. The number of carbonyl (C=O) groups excluding carboxylic acids is 2. The molecule has 1 atom stereocenters. The second kappa shape index (κ2) is 7.06. The summed E-state index contributed by atoms with van der Waals surface area (Å²) >= 11 is 0. The van der Waals surface area contributed by atoms with E-state index in [0.717, 1.165) is 0 Å². The summed E-state index contributed by atoms with van der Waals surface area (Å²) in [6, 6.07) is 5.09. The zero-order chi connectivity index (χ0) is 17.0. The van der Waals surface area contributed by atoms with Gasteiger partial charge < -0.3 is 20.1 Å². The number of nitrogens with one attached hydrogen (secondary N) is 1. The molecular formula is C16H21FN2O4. The normalized spacial score (nSPS) is 20.2.